The van der Waals surface area contributed by atoms with Crippen LogP contribution in [0.4, 0.5) is 15.8 Å². The van der Waals surface area contributed by atoms with Crippen LogP contribution < -0.4 is 15.5 Å². The standard InChI is InChI=1S/C18H24FN3O4/c1-3-25-17(23)14(18(24)26-4-2)12-21-13-5-6-15(19)16(11-13)22-9-7-20-8-10-22/h5-6,11-12,20-21H,3-4,7-10H2,1-2H3. The first-order valence-electron chi connectivity index (χ1n) is 8.63. The molecule has 0 saturated carbocycles. The number of piperazine rings is 1. The lowest BCUT2D eigenvalue weighted by molar-refractivity contribution is -0.146. The minimum Gasteiger partial charge on any atom is -0.462 e. The van der Waals surface area contributed by atoms with Crippen molar-refractivity contribution in [3.8, 4) is 0 Å². The molecule has 0 bridgehead atoms. The fourth-order valence-electron chi connectivity index (χ4n) is 2.52. The molecule has 1 aromatic rings. The summed E-state index contributed by atoms with van der Waals surface area (Å²) in [7, 11) is 0. The summed E-state index contributed by atoms with van der Waals surface area (Å²) >= 11 is 0. The number of carbonyl (C=O) groups excluding carboxylic acids is 2. The third-order valence-corrected chi connectivity index (χ3v) is 3.78. The van der Waals surface area contributed by atoms with E-state index in [1.165, 1.54) is 18.3 Å². The van der Waals surface area contributed by atoms with Crippen LogP contribution in [0.25, 0.3) is 0 Å². The smallest absolute Gasteiger partial charge is 0.347 e. The average molecular weight is 365 g/mol. The molecule has 0 aromatic heterocycles. The van der Waals surface area contributed by atoms with Crippen LogP contribution >= 0.6 is 0 Å². The Morgan fingerprint density at radius 3 is 2.38 bits per heavy atom. The van der Waals surface area contributed by atoms with Gasteiger partial charge in [-0.15, -0.1) is 0 Å². The van der Waals surface area contributed by atoms with Gasteiger partial charge in [0.2, 0.25) is 0 Å². The molecular formula is C18H24FN3O4. The van der Waals surface area contributed by atoms with E-state index in [-0.39, 0.29) is 24.6 Å². The Labute approximate surface area is 152 Å². The van der Waals surface area contributed by atoms with Gasteiger partial charge in [0.05, 0.1) is 18.9 Å². The Bertz CT molecular complexity index is 652. The van der Waals surface area contributed by atoms with Crippen LogP contribution in [0.2, 0.25) is 0 Å². The average Bonchev–Trinajstić information content (AvgIpc) is 2.64. The first kappa shape index (κ1) is 19.7. The molecule has 8 heteroatoms. The molecule has 0 amide bonds. The van der Waals surface area contributed by atoms with Crippen LogP contribution in [0, 0.1) is 5.82 Å². The van der Waals surface area contributed by atoms with Gasteiger partial charge in [0.15, 0.2) is 5.57 Å². The zero-order valence-corrected chi connectivity index (χ0v) is 15.0. The molecule has 26 heavy (non-hydrogen) atoms. The lowest BCUT2D eigenvalue weighted by Crippen LogP contribution is -2.43. The summed E-state index contributed by atoms with van der Waals surface area (Å²) in [5.74, 6) is -1.87. The summed E-state index contributed by atoms with van der Waals surface area (Å²) < 4.78 is 23.9. The molecule has 7 nitrogen and oxygen atoms in total. The Hall–Kier alpha value is -2.61. The normalized spacial score (nSPS) is 13.7. The molecular weight excluding hydrogens is 341 g/mol. The number of esters is 2. The van der Waals surface area contributed by atoms with Crippen molar-refractivity contribution in [1.29, 1.82) is 0 Å². The third-order valence-electron chi connectivity index (χ3n) is 3.78. The van der Waals surface area contributed by atoms with E-state index in [1.807, 2.05) is 4.90 Å². The molecule has 1 heterocycles. The second-order valence-electron chi connectivity index (χ2n) is 5.55. The Balaban J connectivity index is 2.19. The Morgan fingerprint density at radius 1 is 1.19 bits per heavy atom. The number of ether oxygens (including phenoxy) is 2. The monoisotopic (exact) mass is 365 g/mol. The molecule has 1 aliphatic rings. The second-order valence-corrected chi connectivity index (χ2v) is 5.55. The molecule has 0 aliphatic carbocycles. The zero-order valence-electron chi connectivity index (χ0n) is 15.0. The number of benzene rings is 1. The van der Waals surface area contributed by atoms with E-state index in [1.54, 1.807) is 19.9 Å². The minimum atomic E-state index is -0.775. The van der Waals surface area contributed by atoms with Gasteiger partial charge in [0.1, 0.15) is 5.82 Å². The summed E-state index contributed by atoms with van der Waals surface area (Å²) in [5, 5.41) is 6.07. The van der Waals surface area contributed by atoms with Gasteiger partial charge < -0.3 is 25.0 Å². The first-order chi connectivity index (χ1) is 12.6. The van der Waals surface area contributed by atoms with Gasteiger partial charge in [-0.2, -0.15) is 0 Å². The fourth-order valence-corrected chi connectivity index (χ4v) is 2.52. The highest BCUT2D eigenvalue weighted by molar-refractivity contribution is 6.14. The van der Waals surface area contributed by atoms with Crippen molar-refractivity contribution in [2.75, 3.05) is 49.6 Å². The van der Waals surface area contributed by atoms with E-state index in [2.05, 4.69) is 10.6 Å². The van der Waals surface area contributed by atoms with E-state index in [0.717, 1.165) is 13.1 Å². The van der Waals surface area contributed by atoms with Crippen molar-refractivity contribution in [3.05, 3.63) is 35.8 Å². The van der Waals surface area contributed by atoms with Gasteiger partial charge in [0.25, 0.3) is 0 Å². The molecule has 0 radical (unpaired) electrons. The van der Waals surface area contributed by atoms with Crippen molar-refractivity contribution >= 4 is 23.3 Å². The Morgan fingerprint density at radius 2 is 1.81 bits per heavy atom. The summed E-state index contributed by atoms with van der Waals surface area (Å²) in [6, 6.07) is 4.53. The molecule has 1 fully saturated rings. The van der Waals surface area contributed by atoms with Crippen molar-refractivity contribution < 1.29 is 23.5 Å². The molecule has 0 unspecified atom stereocenters. The first-order valence-corrected chi connectivity index (χ1v) is 8.63. The van der Waals surface area contributed by atoms with Gasteiger partial charge in [-0.1, -0.05) is 0 Å². The molecule has 2 rings (SSSR count). The summed E-state index contributed by atoms with van der Waals surface area (Å²) in [4.78, 5) is 25.8. The van der Waals surface area contributed by atoms with Crippen LogP contribution in [0.3, 0.4) is 0 Å². The van der Waals surface area contributed by atoms with Crippen molar-refractivity contribution in [1.82, 2.24) is 5.32 Å². The molecule has 1 aliphatic heterocycles. The number of rotatable bonds is 7. The van der Waals surface area contributed by atoms with E-state index in [4.69, 9.17) is 9.47 Å². The van der Waals surface area contributed by atoms with Gasteiger partial charge >= 0.3 is 11.9 Å². The predicted molar refractivity (Wildman–Crippen MR) is 96.5 cm³/mol. The quantitative estimate of drug-likeness (QED) is 0.329. The van der Waals surface area contributed by atoms with Crippen molar-refractivity contribution in [2.45, 2.75) is 13.8 Å². The molecule has 1 saturated heterocycles. The molecule has 142 valence electrons. The number of nitrogens with zero attached hydrogens (tertiary/aromatic N) is 1. The number of nitrogens with one attached hydrogen (secondary N) is 2. The molecule has 2 N–H and O–H groups in total. The molecule has 1 aromatic carbocycles. The van der Waals surface area contributed by atoms with Crippen molar-refractivity contribution in [2.24, 2.45) is 0 Å². The number of hydrogen-bond acceptors (Lipinski definition) is 7. The van der Waals surface area contributed by atoms with Crippen LogP contribution in [-0.2, 0) is 19.1 Å². The van der Waals surface area contributed by atoms with Crippen molar-refractivity contribution in [3.63, 3.8) is 0 Å². The van der Waals surface area contributed by atoms with Gasteiger partial charge in [-0.05, 0) is 32.0 Å². The lowest BCUT2D eigenvalue weighted by atomic mass is 10.2. The molecule has 0 atom stereocenters. The van der Waals surface area contributed by atoms with Crippen LogP contribution in [0.5, 0.6) is 0 Å². The topological polar surface area (TPSA) is 79.9 Å². The van der Waals surface area contributed by atoms with Crippen LogP contribution in [-0.4, -0.2) is 51.3 Å². The maximum absolute atomic E-state index is 14.2. The summed E-state index contributed by atoms with van der Waals surface area (Å²) in [6.07, 6.45) is 1.23. The predicted octanol–water partition coefficient (Wildman–Crippen LogP) is 1.66. The van der Waals surface area contributed by atoms with Crippen LogP contribution in [0.15, 0.2) is 30.0 Å². The van der Waals surface area contributed by atoms with E-state index in [9.17, 15) is 14.0 Å². The third kappa shape index (κ3) is 5.19. The maximum Gasteiger partial charge on any atom is 0.347 e. The largest absolute Gasteiger partial charge is 0.462 e. The van der Waals surface area contributed by atoms with Gasteiger partial charge in [-0.3, -0.25) is 0 Å². The highest BCUT2D eigenvalue weighted by Crippen LogP contribution is 2.24. The second kappa shape index (κ2) is 9.76. The maximum atomic E-state index is 14.2. The Kier molecular flexibility index (Phi) is 7.40. The number of anilines is 2. The number of carbonyl (C=O) groups is 2. The molecule has 0 spiro atoms. The number of halogens is 1. The summed E-state index contributed by atoms with van der Waals surface area (Å²) in [6.45, 7) is 6.54. The van der Waals surface area contributed by atoms with E-state index >= 15 is 0 Å². The van der Waals surface area contributed by atoms with Crippen LogP contribution in [0.1, 0.15) is 13.8 Å². The highest BCUT2D eigenvalue weighted by Gasteiger charge is 2.21. The van der Waals surface area contributed by atoms with Gasteiger partial charge in [0, 0.05) is 38.1 Å². The summed E-state index contributed by atoms with van der Waals surface area (Å²) in [5.41, 5.74) is 0.770. The SMILES string of the molecule is CCOC(=O)C(=CNc1ccc(F)c(N2CCNCC2)c1)C(=O)OCC. The zero-order chi connectivity index (χ0) is 18.9. The highest BCUT2D eigenvalue weighted by atomic mass is 19.1. The van der Waals surface area contributed by atoms with Gasteiger partial charge in [-0.25, -0.2) is 14.0 Å². The number of hydrogen-bond donors (Lipinski definition) is 2. The fraction of sp³-hybridized carbons (Fsp3) is 0.444. The van der Waals surface area contributed by atoms with E-state index < -0.39 is 11.9 Å². The van der Waals surface area contributed by atoms with E-state index in [0.29, 0.717) is 24.5 Å². The minimum absolute atomic E-state index is 0.138. The lowest BCUT2D eigenvalue weighted by Gasteiger charge is -2.30.